The highest BCUT2D eigenvalue weighted by molar-refractivity contribution is 5.87. The molecule has 3 aliphatic heterocycles. The number of ether oxygens (including phenoxy) is 2. The maximum atomic E-state index is 12.2. The number of carbonyl (C=O) groups is 1. The summed E-state index contributed by atoms with van der Waals surface area (Å²) in [5.74, 6) is 1.79. The van der Waals surface area contributed by atoms with E-state index < -0.39 is 0 Å². The van der Waals surface area contributed by atoms with Gasteiger partial charge >= 0.3 is 6.01 Å². The molecule has 204 valence electrons. The molecule has 0 aliphatic carbocycles. The molecule has 0 unspecified atom stereocenters. The van der Waals surface area contributed by atoms with Crippen LogP contribution in [0, 0.1) is 6.92 Å². The standard InChI is InChI=1S/C29H40N6O3/c1-6-27(36)34-12-13-35(21(3)15-34)28-25-17-33(16-22-14-24(37-5)10-9-20(22)2)18-26(25)30-29(31-28)38-19-23-8-7-11-32(23)4/h6,9-10,14,21,23H,1,7-8,11-13,15-19H2,2-5H3/t21-,23-/m0/s1. The number of hydrogen-bond acceptors (Lipinski definition) is 8. The van der Waals surface area contributed by atoms with Crippen LogP contribution >= 0.6 is 0 Å². The van der Waals surface area contributed by atoms with Crippen molar-refractivity contribution < 1.29 is 14.3 Å². The first-order valence-electron chi connectivity index (χ1n) is 13.6. The normalized spacial score (nSPS) is 22.0. The van der Waals surface area contributed by atoms with Gasteiger partial charge in [-0.15, -0.1) is 0 Å². The molecule has 0 radical (unpaired) electrons. The maximum Gasteiger partial charge on any atom is 0.318 e. The summed E-state index contributed by atoms with van der Waals surface area (Å²) in [7, 11) is 3.86. The summed E-state index contributed by atoms with van der Waals surface area (Å²) < 4.78 is 11.7. The Kier molecular flexibility index (Phi) is 7.85. The number of methoxy groups -OCH3 is 1. The topological polar surface area (TPSA) is 74.3 Å². The lowest BCUT2D eigenvalue weighted by molar-refractivity contribution is -0.126. The molecule has 0 saturated carbocycles. The van der Waals surface area contributed by atoms with Crippen LogP contribution in [0.4, 0.5) is 5.82 Å². The number of nitrogens with zero attached hydrogens (tertiary/aromatic N) is 6. The SMILES string of the molecule is C=CC(=O)N1CCN(c2nc(OC[C@@H]3CCCN3C)nc3c2CN(Cc2cc(OC)ccc2C)C3)[C@@H](C)C1. The number of fused-ring (bicyclic) bond motifs is 1. The largest absolute Gasteiger partial charge is 0.497 e. The summed E-state index contributed by atoms with van der Waals surface area (Å²) in [4.78, 5) is 31.1. The van der Waals surface area contributed by atoms with Gasteiger partial charge in [0.2, 0.25) is 5.91 Å². The minimum Gasteiger partial charge on any atom is -0.497 e. The first kappa shape index (κ1) is 26.4. The van der Waals surface area contributed by atoms with Crippen molar-refractivity contribution in [2.24, 2.45) is 0 Å². The van der Waals surface area contributed by atoms with Crippen molar-refractivity contribution in [2.75, 3.05) is 51.8 Å². The van der Waals surface area contributed by atoms with Crippen molar-refractivity contribution in [3.63, 3.8) is 0 Å². The van der Waals surface area contributed by atoms with Crippen molar-refractivity contribution in [1.82, 2.24) is 24.7 Å². The van der Waals surface area contributed by atoms with Gasteiger partial charge in [-0.05, 0) is 69.6 Å². The molecule has 38 heavy (non-hydrogen) atoms. The second-order valence-electron chi connectivity index (χ2n) is 10.8. The van der Waals surface area contributed by atoms with E-state index in [4.69, 9.17) is 19.4 Å². The Morgan fingerprint density at radius 2 is 2.05 bits per heavy atom. The number of aryl methyl sites for hydroxylation is 1. The molecule has 1 aromatic heterocycles. The molecule has 9 nitrogen and oxygen atoms in total. The molecule has 2 fully saturated rings. The molecule has 0 N–H and O–H groups in total. The number of amides is 1. The van der Waals surface area contributed by atoms with E-state index in [0.717, 1.165) is 55.4 Å². The smallest absolute Gasteiger partial charge is 0.318 e. The third-order valence-corrected chi connectivity index (χ3v) is 8.22. The number of piperazine rings is 1. The number of benzene rings is 1. The van der Waals surface area contributed by atoms with E-state index in [0.29, 0.717) is 38.3 Å². The number of hydrogen-bond donors (Lipinski definition) is 0. The second-order valence-corrected chi connectivity index (χ2v) is 10.8. The van der Waals surface area contributed by atoms with E-state index in [1.165, 1.54) is 23.6 Å². The minimum atomic E-state index is -0.0195. The fourth-order valence-electron chi connectivity index (χ4n) is 5.84. The van der Waals surface area contributed by atoms with E-state index in [1.54, 1.807) is 7.11 Å². The van der Waals surface area contributed by atoms with Crippen molar-refractivity contribution in [3.8, 4) is 11.8 Å². The molecule has 1 amide bonds. The molecule has 2 aromatic rings. The summed E-state index contributed by atoms with van der Waals surface area (Å²) in [5, 5.41) is 0. The van der Waals surface area contributed by atoms with Crippen LogP contribution in [-0.2, 0) is 24.4 Å². The van der Waals surface area contributed by atoms with Crippen LogP contribution < -0.4 is 14.4 Å². The Morgan fingerprint density at radius 1 is 1.21 bits per heavy atom. The Morgan fingerprint density at radius 3 is 2.76 bits per heavy atom. The predicted octanol–water partition coefficient (Wildman–Crippen LogP) is 3.01. The monoisotopic (exact) mass is 520 g/mol. The van der Waals surface area contributed by atoms with E-state index in [-0.39, 0.29) is 11.9 Å². The molecule has 4 heterocycles. The Labute approximate surface area is 226 Å². The van der Waals surface area contributed by atoms with Gasteiger partial charge < -0.3 is 24.2 Å². The lowest BCUT2D eigenvalue weighted by Gasteiger charge is -2.40. The Balaban J connectivity index is 1.40. The van der Waals surface area contributed by atoms with Gasteiger partial charge in [-0.3, -0.25) is 9.69 Å². The van der Waals surface area contributed by atoms with Crippen molar-refractivity contribution >= 4 is 11.7 Å². The highest BCUT2D eigenvalue weighted by atomic mass is 16.5. The molecule has 2 saturated heterocycles. The third kappa shape index (κ3) is 5.49. The van der Waals surface area contributed by atoms with Crippen LogP contribution in [0.2, 0.25) is 0 Å². The van der Waals surface area contributed by atoms with Gasteiger partial charge in [0, 0.05) is 56.9 Å². The Bertz CT molecular complexity index is 1190. The minimum absolute atomic E-state index is 0.0195. The van der Waals surface area contributed by atoms with Crippen LogP contribution in [0.15, 0.2) is 30.9 Å². The van der Waals surface area contributed by atoms with Crippen molar-refractivity contribution in [1.29, 1.82) is 0 Å². The Hall–Kier alpha value is -3.17. The number of carbonyl (C=O) groups excluding carboxylic acids is 1. The maximum absolute atomic E-state index is 12.2. The number of likely N-dealkylation sites (tertiary alicyclic amines) is 1. The van der Waals surface area contributed by atoms with E-state index in [1.807, 2.05) is 11.0 Å². The molecule has 2 atom stereocenters. The predicted molar refractivity (Wildman–Crippen MR) is 147 cm³/mol. The molecule has 5 rings (SSSR count). The summed E-state index contributed by atoms with van der Waals surface area (Å²) in [6.07, 6.45) is 3.73. The van der Waals surface area contributed by atoms with Gasteiger partial charge in [-0.1, -0.05) is 12.6 Å². The summed E-state index contributed by atoms with van der Waals surface area (Å²) in [6, 6.07) is 7.21. The van der Waals surface area contributed by atoms with Gasteiger partial charge in [0.15, 0.2) is 0 Å². The molecular formula is C29H40N6O3. The van der Waals surface area contributed by atoms with E-state index in [2.05, 4.69) is 54.3 Å². The molecule has 0 bridgehead atoms. The molecule has 0 spiro atoms. The highest BCUT2D eigenvalue weighted by Crippen LogP contribution is 2.34. The third-order valence-electron chi connectivity index (χ3n) is 8.22. The van der Waals surface area contributed by atoms with E-state index in [9.17, 15) is 4.79 Å². The van der Waals surface area contributed by atoms with Crippen LogP contribution in [0.5, 0.6) is 11.8 Å². The first-order valence-corrected chi connectivity index (χ1v) is 13.6. The van der Waals surface area contributed by atoms with Crippen LogP contribution in [0.3, 0.4) is 0 Å². The average Bonchev–Trinajstić information content (AvgIpc) is 3.52. The first-order chi connectivity index (χ1) is 18.4. The highest BCUT2D eigenvalue weighted by Gasteiger charge is 2.33. The van der Waals surface area contributed by atoms with Crippen molar-refractivity contribution in [3.05, 3.63) is 53.2 Å². The van der Waals surface area contributed by atoms with Crippen LogP contribution in [0.25, 0.3) is 0 Å². The number of rotatable bonds is 8. The van der Waals surface area contributed by atoms with Gasteiger partial charge in [0.1, 0.15) is 18.2 Å². The number of likely N-dealkylation sites (N-methyl/N-ethyl adjacent to an activating group) is 1. The fraction of sp³-hybridized carbons (Fsp3) is 0.552. The lowest BCUT2D eigenvalue weighted by atomic mass is 10.1. The number of aromatic nitrogens is 2. The zero-order chi connectivity index (χ0) is 26.8. The van der Waals surface area contributed by atoms with Crippen molar-refractivity contribution in [2.45, 2.75) is 58.4 Å². The van der Waals surface area contributed by atoms with Crippen LogP contribution in [-0.4, -0.2) is 89.6 Å². The number of anilines is 1. The second kappa shape index (κ2) is 11.3. The van der Waals surface area contributed by atoms with Gasteiger partial charge in [0.25, 0.3) is 0 Å². The zero-order valence-electron chi connectivity index (χ0n) is 23.2. The molecule has 3 aliphatic rings. The zero-order valence-corrected chi connectivity index (χ0v) is 23.2. The van der Waals surface area contributed by atoms with Gasteiger partial charge in [-0.2, -0.15) is 9.97 Å². The molecule has 9 heteroatoms. The van der Waals surface area contributed by atoms with E-state index >= 15 is 0 Å². The average molecular weight is 521 g/mol. The van der Waals surface area contributed by atoms with Gasteiger partial charge in [-0.25, -0.2) is 0 Å². The molecular weight excluding hydrogens is 480 g/mol. The summed E-state index contributed by atoms with van der Waals surface area (Å²) in [5.41, 5.74) is 4.68. The summed E-state index contributed by atoms with van der Waals surface area (Å²) in [6.45, 7) is 14.0. The lowest BCUT2D eigenvalue weighted by Crippen LogP contribution is -2.54. The van der Waals surface area contributed by atoms with Crippen LogP contribution in [0.1, 0.15) is 42.1 Å². The fourth-order valence-corrected chi connectivity index (χ4v) is 5.84. The molecule has 1 aromatic carbocycles. The summed E-state index contributed by atoms with van der Waals surface area (Å²) >= 11 is 0. The van der Waals surface area contributed by atoms with Gasteiger partial charge in [0.05, 0.1) is 12.8 Å². The quantitative estimate of drug-likeness (QED) is 0.492.